The quantitative estimate of drug-likeness (QED) is 0.0924. The number of amides is 2. The van der Waals surface area contributed by atoms with Crippen molar-refractivity contribution in [3.63, 3.8) is 0 Å². The summed E-state index contributed by atoms with van der Waals surface area (Å²) in [6.07, 6.45) is 23.6. The second kappa shape index (κ2) is 24.9. The van der Waals surface area contributed by atoms with E-state index in [4.69, 9.17) is 4.74 Å². The van der Waals surface area contributed by atoms with E-state index in [0.29, 0.717) is 13.2 Å². The zero-order valence-electron chi connectivity index (χ0n) is 25.5. The van der Waals surface area contributed by atoms with Crippen LogP contribution in [0.2, 0.25) is 0 Å². The molecular formula is C33H59N3O3. The van der Waals surface area contributed by atoms with Gasteiger partial charge in [0.25, 0.3) is 0 Å². The summed E-state index contributed by atoms with van der Waals surface area (Å²) in [5, 5.41) is 5.59. The van der Waals surface area contributed by atoms with Crippen molar-refractivity contribution >= 4 is 12.5 Å². The first-order valence-electron chi connectivity index (χ1n) is 15.8. The van der Waals surface area contributed by atoms with Gasteiger partial charge in [-0.1, -0.05) is 108 Å². The van der Waals surface area contributed by atoms with Gasteiger partial charge in [-0.15, -0.1) is 0 Å². The van der Waals surface area contributed by atoms with Crippen molar-refractivity contribution in [1.29, 1.82) is 0 Å². The Balaban J connectivity index is 2.01. The van der Waals surface area contributed by atoms with E-state index >= 15 is 0 Å². The Morgan fingerprint density at radius 1 is 0.769 bits per heavy atom. The number of nitrogens with zero attached hydrogens (tertiary/aromatic N) is 1. The molecule has 6 heteroatoms. The molecule has 0 aliphatic carbocycles. The average molecular weight is 546 g/mol. The zero-order valence-corrected chi connectivity index (χ0v) is 25.5. The van der Waals surface area contributed by atoms with Gasteiger partial charge in [-0.05, 0) is 69.9 Å². The number of rotatable bonds is 26. The molecule has 0 heterocycles. The van der Waals surface area contributed by atoms with Gasteiger partial charge in [0.2, 0.25) is 6.41 Å². The van der Waals surface area contributed by atoms with Crippen LogP contribution in [0, 0.1) is 6.92 Å². The van der Waals surface area contributed by atoms with Crippen molar-refractivity contribution < 1.29 is 14.3 Å². The van der Waals surface area contributed by atoms with Crippen molar-refractivity contribution in [2.24, 2.45) is 0 Å². The number of carbonyl (C=O) groups excluding carboxylic acids is 2. The van der Waals surface area contributed by atoms with Gasteiger partial charge >= 0.3 is 6.09 Å². The molecule has 6 nitrogen and oxygen atoms in total. The maximum absolute atomic E-state index is 12.1. The lowest BCUT2D eigenvalue weighted by Crippen LogP contribution is -2.27. The van der Waals surface area contributed by atoms with Gasteiger partial charge in [0.05, 0.1) is 0 Å². The lowest BCUT2D eigenvalue weighted by atomic mass is 9.97. The molecule has 0 unspecified atom stereocenters. The largest absolute Gasteiger partial charge is 0.445 e. The Bertz CT molecular complexity index is 739. The predicted molar refractivity (Wildman–Crippen MR) is 164 cm³/mol. The third-order valence-electron chi connectivity index (χ3n) is 7.51. The number of benzene rings is 1. The number of ether oxygens (including phenoxy) is 1. The summed E-state index contributed by atoms with van der Waals surface area (Å²) in [6.45, 7) is 4.88. The molecule has 0 saturated carbocycles. The third kappa shape index (κ3) is 20.5. The minimum absolute atomic E-state index is 0.323. The Kier molecular flexibility index (Phi) is 22.3. The van der Waals surface area contributed by atoms with E-state index in [1.165, 1.54) is 113 Å². The van der Waals surface area contributed by atoms with Crippen LogP contribution < -0.4 is 10.6 Å². The summed E-state index contributed by atoms with van der Waals surface area (Å²) in [6, 6.07) is 6.42. The molecule has 0 aromatic heterocycles. The summed E-state index contributed by atoms with van der Waals surface area (Å²) in [4.78, 5) is 24.4. The third-order valence-corrected chi connectivity index (χ3v) is 7.51. The van der Waals surface area contributed by atoms with Gasteiger partial charge in [-0.3, -0.25) is 4.79 Å². The fourth-order valence-electron chi connectivity index (χ4n) is 5.05. The molecule has 1 aromatic carbocycles. The fourth-order valence-corrected chi connectivity index (χ4v) is 5.05. The van der Waals surface area contributed by atoms with Gasteiger partial charge in [0.15, 0.2) is 0 Å². The number of carbonyl (C=O) groups is 2. The molecule has 0 saturated heterocycles. The molecule has 1 aromatic rings. The molecule has 0 aliphatic rings. The van der Waals surface area contributed by atoms with Crippen LogP contribution in [0.25, 0.3) is 0 Å². The number of unbranched alkanes of at least 4 members (excludes halogenated alkanes) is 15. The number of aryl methyl sites for hydroxylation is 2. The van der Waals surface area contributed by atoms with Crippen molar-refractivity contribution in [3.05, 3.63) is 34.9 Å². The summed E-state index contributed by atoms with van der Waals surface area (Å²) < 4.78 is 5.53. The van der Waals surface area contributed by atoms with E-state index in [-0.39, 0.29) is 6.09 Å². The second-order valence-electron chi connectivity index (χ2n) is 11.4. The molecule has 2 N–H and O–H groups in total. The number of hydrogen-bond acceptors (Lipinski definition) is 4. The molecule has 224 valence electrons. The molecule has 0 aliphatic heterocycles. The van der Waals surface area contributed by atoms with Crippen LogP contribution >= 0.6 is 0 Å². The zero-order chi connectivity index (χ0) is 28.4. The first-order chi connectivity index (χ1) is 19.0. The van der Waals surface area contributed by atoms with Crippen LogP contribution in [0.1, 0.15) is 126 Å². The standard InChI is InChI=1S/C33H59N3O3/c1-30-22-20-24-31(32(30)28-39-33(38)35-26-21-27-36(2)3)23-18-16-14-12-10-8-6-4-5-7-9-11-13-15-17-19-25-34-29-37/h20,22,24,29H,4-19,21,23,25-28H2,1-3H3,(H,34,37)(H,35,38). The van der Waals surface area contributed by atoms with Crippen molar-refractivity contribution in [1.82, 2.24) is 15.5 Å². The predicted octanol–water partition coefficient (Wildman–Crippen LogP) is 7.70. The first kappa shape index (κ1) is 34.9. The van der Waals surface area contributed by atoms with E-state index in [1.807, 2.05) is 14.1 Å². The van der Waals surface area contributed by atoms with Crippen LogP contribution in [0.5, 0.6) is 0 Å². The van der Waals surface area contributed by atoms with Crippen LogP contribution in [-0.4, -0.2) is 51.1 Å². The molecule has 0 radical (unpaired) electrons. The molecule has 39 heavy (non-hydrogen) atoms. The SMILES string of the molecule is Cc1cccc(CCCCCCCCCCCCCCCCCCNC=O)c1COC(=O)NCCCN(C)C. The van der Waals surface area contributed by atoms with Crippen LogP contribution in [-0.2, 0) is 22.6 Å². The van der Waals surface area contributed by atoms with Gasteiger partial charge in [-0.2, -0.15) is 0 Å². The molecule has 0 bridgehead atoms. The van der Waals surface area contributed by atoms with E-state index in [0.717, 1.165) is 38.8 Å². The van der Waals surface area contributed by atoms with E-state index < -0.39 is 0 Å². The Hall–Kier alpha value is -2.08. The van der Waals surface area contributed by atoms with Crippen molar-refractivity contribution in [3.8, 4) is 0 Å². The maximum Gasteiger partial charge on any atom is 0.407 e. The molecule has 1 rings (SSSR count). The highest BCUT2D eigenvalue weighted by molar-refractivity contribution is 5.67. The number of alkyl carbamates (subject to hydrolysis) is 1. The summed E-state index contributed by atoms with van der Waals surface area (Å²) >= 11 is 0. The molecule has 2 amide bonds. The monoisotopic (exact) mass is 545 g/mol. The Morgan fingerprint density at radius 2 is 1.31 bits per heavy atom. The van der Waals surface area contributed by atoms with Gasteiger partial charge < -0.3 is 20.3 Å². The summed E-state index contributed by atoms with van der Waals surface area (Å²) in [7, 11) is 4.07. The Morgan fingerprint density at radius 3 is 1.85 bits per heavy atom. The number of hydrogen-bond donors (Lipinski definition) is 2. The van der Waals surface area contributed by atoms with Crippen molar-refractivity contribution in [2.75, 3.05) is 33.7 Å². The normalized spacial score (nSPS) is 11.1. The highest BCUT2D eigenvalue weighted by Gasteiger charge is 2.09. The lowest BCUT2D eigenvalue weighted by molar-refractivity contribution is -0.109. The highest BCUT2D eigenvalue weighted by atomic mass is 16.5. The van der Waals surface area contributed by atoms with Crippen LogP contribution in [0.4, 0.5) is 4.79 Å². The van der Waals surface area contributed by atoms with Crippen LogP contribution in [0.3, 0.4) is 0 Å². The van der Waals surface area contributed by atoms with Gasteiger partial charge in [0.1, 0.15) is 6.61 Å². The van der Waals surface area contributed by atoms with Crippen LogP contribution in [0.15, 0.2) is 18.2 Å². The van der Waals surface area contributed by atoms with Crippen molar-refractivity contribution in [2.45, 2.75) is 129 Å². The highest BCUT2D eigenvalue weighted by Crippen LogP contribution is 2.19. The van der Waals surface area contributed by atoms with E-state index in [9.17, 15) is 9.59 Å². The minimum atomic E-state index is -0.323. The molecule has 0 spiro atoms. The minimum Gasteiger partial charge on any atom is -0.445 e. The second-order valence-corrected chi connectivity index (χ2v) is 11.4. The summed E-state index contributed by atoms with van der Waals surface area (Å²) in [5.41, 5.74) is 3.69. The molecule has 0 atom stereocenters. The van der Waals surface area contributed by atoms with E-state index in [2.05, 4.69) is 40.7 Å². The smallest absolute Gasteiger partial charge is 0.407 e. The number of nitrogens with one attached hydrogen (secondary N) is 2. The lowest BCUT2D eigenvalue weighted by Gasteiger charge is -2.14. The first-order valence-corrected chi connectivity index (χ1v) is 15.8. The average Bonchev–Trinajstić information content (AvgIpc) is 2.92. The van der Waals surface area contributed by atoms with E-state index in [1.54, 1.807) is 0 Å². The fraction of sp³-hybridized carbons (Fsp3) is 0.758. The topological polar surface area (TPSA) is 70.7 Å². The summed E-state index contributed by atoms with van der Waals surface area (Å²) in [5.74, 6) is 0. The molecule has 0 fully saturated rings. The Labute approximate surface area is 240 Å². The molecular weight excluding hydrogens is 486 g/mol. The maximum atomic E-state index is 12.1. The van der Waals surface area contributed by atoms with Gasteiger partial charge in [-0.25, -0.2) is 4.79 Å². The van der Waals surface area contributed by atoms with Gasteiger partial charge in [0, 0.05) is 13.1 Å².